The van der Waals surface area contributed by atoms with Gasteiger partial charge in [-0.2, -0.15) is 5.10 Å². The molecule has 7 nitrogen and oxygen atoms in total. The minimum Gasteiger partial charge on any atom is -0.411 e. The van der Waals surface area contributed by atoms with Gasteiger partial charge in [0.25, 0.3) is 0 Å². The fourth-order valence-corrected chi connectivity index (χ4v) is 2.72. The Morgan fingerprint density at radius 2 is 2.08 bits per heavy atom. The van der Waals surface area contributed by atoms with Gasteiger partial charge < -0.3 is 9.77 Å². The molecule has 3 aromatic heterocycles. The van der Waals surface area contributed by atoms with Crippen molar-refractivity contribution < 1.29 is 5.21 Å². The van der Waals surface area contributed by atoms with E-state index < -0.39 is 0 Å². The monoisotopic (exact) mass is 332 g/mol. The van der Waals surface area contributed by atoms with Crippen molar-refractivity contribution in [2.75, 3.05) is 0 Å². The Morgan fingerprint density at radius 1 is 1.20 bits per heavy atom. The number of rotatable bonds is 3. The highest BCUT2D eigenvalue weighted by Gasteiger charge is 2.10. The van der Waals surface area contributed by atoms with Crippen LogP contribution in [0.3, 0.4) is 0 Å². The number of hydrogen-bond acceptors (Lipinski definition) is 5. The molecule has 124 valence electrons. The highest BCUT2D eigenvalue weighted by Crippen LogP contribution is 2.25. The molecule has 7 heteroatoms. The fraction of sp³-hybridized carbons (Fsp3) is 0.111. The Balaban J connectivity index is 1.84. The van der Waals surface area contributed by atoms with Crippen molar-refractivity contribution in [1.82, 2.24) is 24.3 Å². The van der Waals surface area contributed by atoms with Gasteiger partial charge in [0.05, 0.1) is 29.4 Å². The van der Waals surface area contributed by atoms with Gasteiger partial charge >= 0.3 is 0 Å². The number of fused-ring (bicyclic) bond motifs is 1. The molecule has 0 spiro atoms. The molecule has 25 heavy (non-hydrogen) atoms. The molecule has 0 unspecified atom stereocenters. The third-order valence-corrected chi connectivity index (χ3v) is 4.04. The SMILES string of the molecule is C/C(=N\O)c1cccc(-c2ccc3cnn(-c4cn(C)cn4)c3c2)n1. The summed E-state index contributed by atoms with van der Waals surface area (Å²) in [7, 11) is 1.92. The van der Waals surface area contributed by atoms with Crippen LogP contribution in [0.25, 0.3) is 28.0 Å². The van der Waals surface area contributed by atoms with Gasteiger partial charge in [-0.05, 0) is 25.1 Å². The molecule has 0 amide bonds. The van der Waals surface area contributed by atoms with E-state index in [4.69, 9.17) is 5.21 Å². The maximum Gasteiger partial charge on any atom is 0.171 e. The van der Waals surface area contributed by atoms with E-state index in [0.717, 1.165) is 28.0 Å². The molecular formula is C18H16N6O. The Labute approximate surface area is 143 Å². The summed E-state index contributed by atoms with van der Waals surface area (Å²) in [6.07, 6.45) is 5.48. The van der Waals surface area contributed by atoms with Gasteiger partial charge in [-0.15, -0.1) is 0 Å². The Morgan fingerprint density at radius 3 is 2.84 bits per heavy atom. The smallest absolute Gasteiger partial charge is 0.171 e. The molecule has 1 aromatic carbocycles. The second-order valence-corrected chi connectivity index (χ2v) is 5.82. The van der Waals surface area contributed by atoms with E-state index in [1.165, 1.54) is 0 Å². The fourth-order valence-electron chi connectivity index (χ4n) is 2.72. The summed E-state index contributed by atoms with van der Waals surface area (Å²) >= 11 is 0. The molecule has 0 fully saturated rings. The van der Waals surface area contributed by atoms with Crippen LogP contribution in [0, 0.1) is 0 Å². The van der Waals surface area contributed by atoms with E-state index in [9.17, 15) is 0 Å². The van der Waals surface area contributed by atoms with E-state index >= 15 is 0 Å². The number of aromatic nitrogens is 5. The van der Waals surface area contributed by atoms with Crippen LogP contribution >= 0.6 is 0 Å². The normalized spacial score (nSPS) is 12.0. The van der Waals surface area contributed by atoms with Gasteiger partial charge in [0.15, 0.2) is 5.82 Å². The molecule has 0 atom stereocenters. The summed E-state index contributed by atoms with van der Waals surface area (Å²) in [4.78, 5) is 8.93. The quantitative estimate of drug-likeness (QED) is 0.355. The van der Waals surface area contributed by atoms with E-state index in [2.05, 4.69) is 20.2 Å². The van der Waals surface area contributed by atoms with Crippen LogP contribution in [0.5, 0.6) is 0 Å². The number of hydrogen-bond donors (Lipinski definition) is 1. The van der Waals surface area contributed by atoms with Crippen molar-refractivity contribution >= 4 is 16.6 Å². The lowest BCUT2D eigenvalue weighted by Gasteiger charge is -2.05. The molecule has 3 heterocycles. The first-order chi connectivity index (χ1) is 12.2. The number of imidazole rings is 1. The highest BCUT2D eigenvalue weighted by molar-refractivity contribution is 5.97. The molecule has 0 aliphatic heterocycles. The topological polar surface area (TPSA) is 81.1 Å². The molecule has 1 N–H and O–H groups in total. The molecule has 4 aromatic rings. The zero-order chi connectivity index (χ0) is 17.4. The number of aryl methyl sites for hydroxylation is 1. The minimum absolute atomic E-state index is 0.474. The van der Waals surface area contributed by atoms with Gasteiger partial charge in [0, 0.05) is 24.2 Å². The number of pyridine rings is 1. The third-order valence-electron chi connectivity index (χ3n) is 4.04. The van der Waals surface area contributed by atoms with Crippen LogP contribution < -0.4 is 0 Å². The van der Waals surface area contributed by atoms with Gasteiger partial charge in [-0.3, -0.25) is 0 Å². The first-order valence-electron chi connectivity index (χ1n) is 7.78. The van der Waals surface area contributed by atoms with Gasteiger partial charge in [0.1, 0.15) is 5.71 Å². The van der Waals surface area contributed by atoms with Crippen LogP contribution in [0.1, 0.15) is 12.6 Å². The Bertz CT molecular complexity index is 1090. The minimum atomic E-state index is 0.474. The molecule has 0 aliphatic carbocycles. The standard InChI is InChI=1S/C18H16N6O/c1-12(22-25)15-4-3-5-16(21-15)13-6-7-14-9-20-24(17(14)8-13)18-10-23(2)11-19-18/h3-11,25H,1-2H3/b22-12+. The molecule has 0 bridgehead atoms. The second kappa shape index (κ2) is 5.86. The van der Waals surface area contributed by atoms with Crippen LogP contribution in [-0.2, 0) is 7.05 Å². The van der Waals surface area contributed by atoms with Crippen LogP contribution in [0.2, 0.25) is 0 Å². The molecule has 4 rings (SSSR count). The summed E-state index contributed by atoms with van der Waals surface area (Å²) in [6, 6.07) is 11.7. The maximum atomic E-state index is 8.96. The van der Waals surface area contributed by atoms with E-state index in [1.807, 2.05) is 65.1 Å². The molecule has 0 aliphatic rings. The van der Waals surface area contributed by atoms with Gasteiger partial charge in [-0.25, -0.2) is 14.6 Å². The lowest BCUT2D eigenvalue weighted by atomic mass is 10.1. The molecule has 0 saturated heterocycles. The molecule has 0 radical (unpaired) electrons. The second-order valence-electron chi connectivity index (χ2n) is 5.82. The van der Waals surface area contributed by atoms with E-state index in [-0.39, 0.29) is 0 Å². The summed E-state index contributed by atoms with van der Waals surface area (Å²) < 4.78 is 3.69. The van der Waals surface area contributed by atoms with E-state index in [1.54, 1.807) is 13.3 Å². The number of benzene rings is 1. The number of nitrogens with zero attached hydrogens (tertiary/aromatic N) is 6. The van der Waals surface area contributed by atoms with Crippen molar-refractivity contribution in [3.8, 4) is 17.1 Å². The molecule has 0 saturated carbocycles. The zero-order valence-corrected chi connectivity index (χ0v) is 13.8. The summed E-state index contributed by atoms with van der Waals surface area (Å²) in [5, 5.41) is 17.6. The van der Waals surface area contributed by atoms with Crippen LogP contribution in [0.15, 0.2) is 60.3 Å². The first kappa shape index (κ1) is 15.1. The van der Waals surface area contributed by atoms with Crippen molar-refractivity contribution in [1.29, 1.82) is 0 Å². The van der Waals surface area contributed by atoms with Crippen LogP contribution in [0.4, 0.5) is 0 Å². The number of oxime groups is 1. The van der Waals surface area contributed by atoms with Crippen LogP contribution in [-0.4, -0.2) is 35.2 Å². The summed E-state index contributed by atoms with van der Waals surface area (Å²) in [6.45, 7) is 1.71. The largest absolute Gasteiger partial charge is 0.411 e. The summed E-state index contributed by atoms with van der Waals surface area (Å²) in [5.41, 5.74) is 3.82. The lowest BCUT2D eigenvalue weighted by molar-refractivity contribution is 0.319. The van der Waals surface area contributed by atoms with E-state index in [0.29, 0.717) is 11.4 Å². The predicted molar refractivity (Wildman–Crippen MR) is 95.1 cm³/mol. The van der Waals surface area contributed by atoms with Crippen molar-refractivity contribution in [3.63, 3.8) is 0 Å². The predicted octanol–water partition coefficient (Wildman–Crippen LogP) is 3.02. The molecular weight excluding hydrogens is 316 g/mol. The summed E-state index contributed by atoms with van der Waals surface area (Å²) in [5.74, 6) is 0.764. The van der Waals surface area contributed by atoms with Gasteiger partial charge in [-0.1, -0.05) is 23.4 Å². The maximum absolute atomic E-state index is 8.96. The Kier molecular flexibility index (Phi) is 3.53. The Hall–Kier alpha value is -3.48. The first-order valence-corrected chi connectivity index (χ1v) is 7.78. The lowest BCUT2D eigenvalue weighted by Crippen LogP contribution is -1.99. The highest BCUT2D eigenvalue weighted by atomic mass is 16.4. The van der Waals surface area contributed by atoms with Gasteiger partial charge in [0.2, 0.25) is 0 Å². The average Bonchev–Trinajstić information content (AvgIpc) is 3.26. The third kappa shape index (κ3) is 2.65. The zero-order valence-electron chi connectivity index (χ0n) is 13.8. The average molecular weight is 332 g/mol. The van der Waals surface area contributed by atoms with Crippen molar-refractivity contribution in [2.24, 2.45) is 12.2 Å². The van der Waals surface area contributed by atoms with Crippen molar-refractivity contribution in [3.05, 3.63) is 60.8 Å². The van der Waals surface area contributed by atoms with Crippen molar-refractivity contribution in [2.45, 2.75) is 6.92 Å².